The van der Waals surface area contributed by atoms with E-state index in [-0.39, 0.29) is 24.8 Å². The highest BCUT2D eigenvalue weighted by molar-refractivity contribution is 6.06. The molecule has 1 fully saturated rings. The summed E-state index contributed by atoms with van der Waals surface area (Å²) in [6.07, 6.45) is 1.87. The number of aliphatic carboxylic acids is 1. The Kier molecular flexibility index (Phi) is 4.48. The molecule has 1 rings (SSSR count). The van der Waals surface area contributed by atoms with Crippen molar-refractivity contribution in [2.75, 3.05) is 6.54 Å². The van der Waals surface area contributed by atoms with Crippen LogP contribution in [-0.4, -0.2) is 34.3 Å². The topological polar surface area (TPSA) is 74.7 Å². The molecule has 1 N–H and O–H groups in total. The van der Waals surface area contributed by atoms with Gasteiger partial charge in [-0.25, -0.2) is 0 Å². The summed E-state index contributed by atoms with van der Waals surface area (Å²) in [5.74, 6) is -2.05. The number of hydrogen-bond donors (Lipinski definition) is 1. The third-order valence-electron chi connectivity index (χ3n) is 4.09. The molecule has 18 heavy (non-hydrogen) atoms. The molecule has 1 atom stereocenters. The fourth-order valence-electron chi connectivity index (χ4n) is 2.45. The third-order valence-corrected chi connectivity index (χ3v) is 4.09. The Hall–Kier alpha value is -1.39. The summed E-state index contributed by atoms with van der Waals surface area (Å²) in [5.41, 5.74) is -0.603. The van der Waals surface area contributed by atoms with Crippen LogP contribution in [0.25, 0.3) is 0 Å². The van der Waals surface area contributed by atoms with E-state index >= 15 is 0 Å². The van der Waals surface area contributed by atoms with Gasteiger partial charge in [-0.1, -0.05) is 20.8 Å². The van der Waals surface area contributed by atoms with Gasteiger partial charge >= 0.3 is 5.97 Å². The Balaban J connectivity index is 2.88. The number of likely N-dealkylation sites (tertiary alicyclic amines) is 1. The molecule has 0 bridgehead atoms. The Morgan fingerprint density at radius 1 is 1.33 bits per heavy atom. The van der Waals surface area contributed by atoms with Crippen molar-refractivity contribution in [3.63, 3.8) is 0 Å². The Labute approximate surface area is 107 Å². The minimum Gasteiger partial charge on any atom is -0.481 e. The van der Waals surface area contributed by atoms with Crippen LogP contribution in [0.3, 0.4) is 0 Å². The molecule has 5 heteroatoms. The van der Waals surface area contributed by atoms with Gasteiger partial charge < -0.3 is 5.11 Å². The van der Waals surface area contributed by atoms with Gasteiger partial charge in [0, 0.05) is 13.0 Å². The van der Waals surface area contributed by atoms with Crippen molar-refractivity contribution in [3.05, 3.63) is 0 Å². The lowest BCUT2D eigenvalue weighted by atomic mass is 9.81. The standard InChI is InChI=1S/C13H21NO4/c1-4-9(11(16)17)8-14-10(15)7-13(5-2,6-3)12(14)18/h9H,4-8H2,1-3H3,(H,16,17). The summed E-state index contributed by atoms with van der Waals surface area (Å²) in [6.45, 7) is 5.54. The minimum absolute atomic E-state index is 0.00521. The first-order valence-corrected chi connectivity index (χ1v) is 6.49. The quantitative estimate of drug-likeness (QED) is 0.732. The van der Waals surface area contributed by atoms with E-state index in [1.165, 1.54) is 0 Å². The molecule has 0 spiro atoms. The van der Waals surface area contributed by atoms with Crippen molar-refractivity contribution in [2.45, 2.75) is 46.5 Å². The van der Waals surface area contributed by atoms with E-state index in [0.29, 0.717) is 19.3 Å². The van der Waals surface area contributed by atoms with Gasteiger partial charge in [0.2, 0.25) is 11.8 Å². The van der Waals surface area contributed by atoms with Crippen molar-refractivity contribution in [3.8, 4) is 0 Å². The smallest absolute Gasteiger partial charge is 0.308 e. The Bertz CT molecular complexity index is 360. The van der Waals surface area contributed by atoms with Crippen LogP contribution in [0, 0.1) is 11.3 Å². The van der Waals surface area contributed by atoms with E-state index in [1.807, 2.05) is 13.8 Å². The number of carbonyl (C=O) groups excluding carboxylic acids is 2. The lowest BCUT2D eigenvalue weighted by Gasteiger charge is -2.24. The van der Waals surface area contributed by atoms with Crippen molar-refractivity contribution >= 4 is 17.8 Å². The summed E-state index contributed by atoms with van der Waals surface area (Å²) in [7, 11) is 0. The maximum absolute atomic E-state index is 12.3. The molecular weight excluding hydrogens is 234 g/mol. The monoisotopic (exact) mass is 255 g/mol. The van der Waals surface area contributed by atoms with Crippen LogP contribution in [0.4, 0.5) is 0 Å². The largest absolute Gasteiger partial charge is 0.481 e. The molecule has 1 heterocycles. The number of carboxylic acids is 1. The molecular formula is C13H21NO4. The zero-order chi connectivity index (χ0) is 13.9. The van der Waals surface area contributed by atoms with Gasteiger partial charge in [-0.15, -0.1) is 0 Å². The average Bonchev–Trinajstić information content (AvgIpc) is 2.58. The summed E-state index contributed by atoms with van der Waals surface area (Å²) in [5, 5.41) is 9.00. The molecule has 2 amide bonds. The molecule has 1 saturated heterocycles. The predicted molar refractivity (Wildman–Crippen MR) is 65.8 cm³/mol. The van der Waals surface area contributed by atoms with Gasteiger partial charge in [0.05, 0.1) is 11.3 Å². The third kappa shape index (κ3) is 2.40. The maximum Gasteiger partial charge on any atom is 0.308 e. The molecule has 5 nitrogen and oxygen atoms in total. The molecule has 1 aliphatic rings. The van der Waals surface area contributed by atoms with E-state index < -0.39 is 17.3 Å². The fraction of sp³-hybridized carbons (Fsp3) is 0.769. The fourth-order valence-corrected chi connectivity index (χ4v) is 2.45. The zero-order valence-electron chi connectivity index (χ0n) is 11.2. The summed E-state index contributed by atoms with van der Waals surface area (Å²) in [4.78, 5) is 36.3. The number of amides is 2. The maximum atomic E-state index is 12.3. The molecule has 0 radical (unpaired) electrons. The average molecular weight is 255 g/mol. The molecule has 0 saturated carbocycles. The second-order valence-corrected chi connectivity index (χ2v) is 4.92. The Morgan fingerprint density at radius 3 is 2.22 bits per heavy atom. The van der Waals surface area contributed by atoms with Crippen LogP contribution in [0.5, 0.6) is 0 Å². The van der Waals surface area contributed by atoms with Gasteiger partial charge in [-0.3, -0.25) is 19.3 Å². The highest BCUT2D eigenvalue weighted by Gasteiger charge is 2.49. The van der Waals surface area contributed by atoms with Gasteiger partial charge in [0.15, 0.2) is 0 Å². The molecule has 0 aromatic heterocycles. The van der Waals surface area contributed by atoms with Crippen LogP contribution in [-0.2, 0) is 14.4 Å². The van der Waals surface area contributed by atoms with E-state index in [2.05, 4.69) is 0 Å². The zero-order valence-corrected chi connectivity index (χ0v) is 11.2. The summed E-state index contributed by atoms with van der Waals surface area (Å²) < 4.78 is 0. The van der Waals surface area contributed by atoms with Crippen LogP contribution in [0.15, 0.2) is 0 Å². The Morgan fingerprint density at radius 2 is 1.89 bits per heavy atom. The molecule has 1 aliphatic heterocycles. The number of nitrogens with zero attached hydrogens (tertiary/aromatic N) is 1. The van der Waals surface area contributed by atoms with Gasteiger partial charge in [-0.2, -0.15) is 0 Å². The van der Waals surface area contributed by atoms with Gasteiger partial charge in [0.25, 0.3) is 0 Å². The van der Waals surface area contributed by atoms with Crippen LogP contribution in [0.2, 0.25) is 0 Å². The molecule has 0 aromatic carbocycles. The second kappa shape index (κ2) is 5.50. The first-order chi connectivity index (χ1) is 8.41. The SMILES string of the molecule is CCC(CN1C(=O)CC(CC)(CC)C1=O)C(=O)O. The normalized spacial score (nSPS) is 20.3. The van der Waals surface area contributed by atoms with Crippen molar-refractivity contribution < 1.29 is 19.5 Å². The highest BCUT2D eigenvalue weighted by Crippen LogP contribution is 2.39. The first-order valence-electron chi connectivity index (χ1n) is 6.49. The van der Waals surface area contributed by atoms with E-state index in [0.717, 1.165) is 4.90 Å². The highest BCUT2D eigenvalue weighted by atomic mass is 16.4. The minimum atomic E-state index is -0.955. The number of carbonyl (C=O) groups is 3. The van der Waals surface area contributed by atoms with E-state index in [1.54, 1.807) is 6.92 Å². The summed E-state index contributed by atoms with van der Waals surface area (Å²) in [6, 6.07) is 0. The number of hydrogen-bond acceptors (Lipinski definition) is 3. The molecule has 102 valence electrons. The van der Waals surface area contributed by atoms with E-state index in [9.17, 15) is 14.4 Å². The lowest BCUT2D eigenvalue weighted by molar-refractivity contribution is -0.146. The van der Waals surface area contributed by atoms with Crippen molar-refractivity contribution in [1.82, 2.24) is 4.90 Å². The molecule has 0 aliphatic carbocycles. The first kappa shape index (κ1) is 14.7. The van der Waals surface area contributed by atoms with Crippen molar-refractivity contribution in [2.24, 2.45) is 11.3 Å². The van der Waals surface area contributed by atoms with Gasteiger partial charge in [0.1, 0.15) is 0 Å². The number of rotatable bonds is 6. The second-order valence-electron chi connectivity index (χ2n) is 4.92. The van der Waals surface area contributed by atoms with Crippen LogP contribution < -0.4 is 0 Å². The molecule has 0 aromatic rings. The number of imide groups is 1. The molecule has 1 unspecified atom stereocenters. The predicted octanol–water partition coefficient (Wildman–Crippen LogP) is 1.66. The van der Waals surface area contributed by atoms with Crippen LogP contribution in [0.1, 0.15) is 46.5 Å². The summed E-state index contributed by atoms with van der Waals surface area (Å²) >= 11 is 0. The number of carboxylic acid groups (broad SMARTS) is 1. The lowest BCUT2D eigenvalue weighted by Crippen LogP contribution is -2.40. The van der Waals surface area contributed by atoms with E-state index in [4.69, 9.17) is 5.11 Å². The van der Waals surface area contributed by atoms with Crippen LogP contribution >= 0.6 is 0 Å². The van der Waals surface area contributed by atoms with Gasteiger partial charge in [-0.05, 0) is 19.3 Å². The van der Waals surface area contributed by atoms with Crippen molar-refractivity contribution in [1.29, 1.82) is 0 Å².